The zero-order chi connectivity index (χ0) is 18.3. The van der Waals surface area contributed by atoms with E-state index in [2.05, 4.69) is 10.6 Å². The van der Waals surface area contributed by atoms with Crippen molar-refractivity contribution in [2.24, 2.45) is 5.41 Å². The largest absolute Gasteiger partial charge is 0.355 e. The first-order chi connectivity index (χ1) is 11.9. The van der Waals surface area contributed by atoms with Crippen molar-refractivity contribution < 1.29 is 9.59 Å². The van der Waals surface area contributed by atoms with Crippen LogP contribution >= 0.6 is 11.6 Å². The van der Waals surface area contributed by atoms with Crippen LogP contribution in [0, 0.1) is 5.41 Å². The van der Waals surface area contributed by atoms with Crippen molar-refractivity contribution in [2.75, 3.05) is 6.54 Å². The third-order valence-electron chi connectivity index (χ3n) is 4.04. The third-order valence-corrected chi connectivity index (χ3v) is 4.30. The molecule has 0 bridgehead atoms. The smallest absolute Gasteiger partial charge is 0.235 e. The van der Waals surface area contributed by atoms with Crippen molar-refractivity contribution in [3.63, 3.8) is 0 Å². The topological polar surface area (TPSA) is 58.2 Å². The molecule has 0 spiro atoms. The van der Waals surface area contributed by atoms with Crippen LogP contribution in [0.15, 0.2) is 54.6 Å². The van der Waals surface area contributed by atoms with E-state index in [1.807, 2.05) is 42.5 Å². The van der Waals surface area contributed by atoms with Gasteiger partial charge in [-0.05, 0) is 43.5 Å². The Morgan fingerprint density at radius 2 is 1.48 bits per heavy atom. The SMILES string of the molecule is CC(C)(C(=O)NCCc1ccccc1)C(=O)NCc1ccc(Cl)cc1. The fourth-order valence-electron chi connectivity index (χ4n) is 2.29. The lowest BCUT2D eigenvalue weighted by molar-refractivity contribution is -0.141. The molecule has 5 heteroatoms. The van der Waals surface area contributed by atoms with Gasteiger partial charge in [0.15, 0.2) is 0 Å². The van der Waals surface area contributed by atoms with Crippen LogP contribution in [0.25, 0.3) is 0 Å². The highest BCUT2D eigenvalue weighted by atomic mass is 35.5. The highest BCUT2D eigenvalue weighted by Gasteiger charge is 2.35. The van der Waals surface area contributed by atoms with E-state index >= 15 is 0 Å². The molecule has 2 rings (SSSR count). The second-order valence-electron chi connectivity index (χ2n) is 6.43. The van der Waals surface area contributed by atoms with Gasteiger partial charge in [0.1, 0.15) is 5.41 Å². The van der Waals surface area contributed by atoms with Gasteiger partial charge >= 0.3 is 0 Å². The number of rotatable bonds is 7. The summed E-state index contributed by atoms with van der Waals surface area (Å²) >= 11 is 5.84. The molecule has 0 aliphatic rings. The molecular weight excluding hydrogens is 336 g/mol. The third kappa shape index (κ3) is 5.61. The molecule has 2 N–H and O–H groups in total. The number of nitrogens with one attached hydrogen (secondary N) is 2. The van der Waals surface area contributed by atoms with Gasteiger partial charge in [-0.15, -0.1) is 0 Å². The van der Waals surface area contributed by atoms with Crippen LogP contribution in [0.1, 0.15) is 25.0 Å². The Kier molecular flexibility index (Phi) is 6.59. The lowest BCUT2D eigenvalue weighted by Crippen LogP contribution is -2.48. The van der Waals surface area contributed by atoms with Crippen LogP contribution in [-0.2, 0) is 22.6 Å². The second-order valence-corrected chi connectivity index (χ2v) is 6.86. The van der Waals surface area contributed by atoms with E-state index in [9.17, 15) is 9.59 Å². The maximum Gasteiger partial charge on any atom is 0.235 e. The van der Waals surface area contributed by atoms with E-state index in [0.29, 0.717) is 18.1 Å². The van der Waals surface area contributed by atoms with Gasteiger partial charge in [-0.25, -0.2) is 0 Å². The minimum atomic E-state index is -1.14. The Morgan fingerprint density at radius 1 is 0.880 bits per heavy atom. The molecule has 132 valence electrons. The number of hydrogen-bond donors (Lipinski definition) is 2. The van der Waals surface area contributed by atoms with E-state index < -0.39 is 5.41 Å². The summed E-state index contributed by atoms with van der Waals surface area (Å²) in [6.07, 6.45) is 0.731. The van der Waals surface area contributed by atoms with Gasteiger partial charge < -0.3 is 10.6 Å². The maximum atomic E-state index is 12.4. The normalized spacial score (nSPS) is 11.0. The first kappa shape index (κ1) is 19.0. The molecule has 0 heterocycles. The number of carbonyl (C=O) groups is 2. The van der Waals surface area contributed by atoms with Crippen molar-refractivity contribution >= 4 is 23.4 Å². The van der Waals surface area contributed by atoms with Crippen LogP contribution in [0.4, 0.5) is 0 Å². The number of amides is 2. The van der Waals surface area contributed by atoms with E-state index in [0.717, 1.165) is 17.5 Å². The Hall–Kier alpha value is -2.33. The van der Waals surface area contributed by atoms with Crippen LogP contribution in [0.2, 0.25) is 5.02 Å². The molecule has 0 radical (unpaired) electrons. The number of carbonyl (C=O) groups excluding carboxylic acids is 2. The Labute approximate surface area is 153 Å². The standard InChI is InChI=1S/C20H23ClN2O2/c1-20(2,18(24)22-13-12-15-6-4-3-5-7-15)19(25)23-14-16-8-10-17(21)11-9-16/h3-11H,12-14H2,1-2H3,(H,22,24)(H,23,25). The van der Waals surface area contributed by atoms with Crippen molar-refractivity contribution in [3.05, 3.63) is 70.7 Å². The quantitative estimate of drug-likeness (QED) is 0.746. The van der Waals surface area contributed by atoms with Gasteiger partial charge in [0.25, 0.3) is 0 Å². The molecule has 0 aromatic heterocycles. The average Bonchev–Trinajstić information content (AvgIpc) is 2.61. The molecule has 4 nitrogen and oxygen atoms in total. The predicted molar refractivity (Wildman–Crippen MR) is 100 cm³/mol. The van der Waals surface area contributed by atoms with E-state index in [1.165, 1.54) is 0 Å². The molecule has 0 aliphatic carbocycles. The number of halogens is 1. The fourth-order valence-corrected chi connectivity index (χ4v) is 2.42. The van der Waals surface area contributed by atoms with Gasteiger partial charge in [-0.1, -0.05) is 54.1 Å². The average molecular weight is 359 g/mol. The zero-order valence-corrected chi connectivity index (χ0v) is 15.3. The summed E-state index contributed by atoms with van der Waals surface area (Å²) in [5.41, 5.74) is 0.939. The Balaban J connectivity index is 1.82. The highest BCUT2D eigenvalue weighted by Crippen LogP contribution is 2.16. The molecule has 0 saturated carbocycles. The second kappa shape index (κ2) is 8.67. The predicted octanol–water partition coefficient (Wildman–Crippen LogP) is 3.34. The summed E-state index contributed by atoms with van der Waals surface area (Å²) in [5.74, 6) is -0.586. The molecule has 0 aliphatic heterocycles. The molecule has 25 heavy (non-hydrogen) atoms. The molecule has 0 fully saturated rings. The van der Waals surface area contributed by atoms with Gasteiger partial charge in [0.05, 0.1) is 0 Å². The minimum absolute atomic E-state index is 0.281. The summed E-state index contributed by atoms with van der Waals surface area (Å²) in [6.45, 7) is 4.11. The molecule has 0 unspecified atom stereocenters. The minimum Gasteiger partial charge on any atom is -0.355 e. The summed E-state index contributed by atoms with van der Waals surface area (Å²) < 4.78 is 0. The highest BCUT2D eigenvalue weighted by molar-refractivity contribution is 6.30. The van der Waals surface area contributed by atoms with Crippen LogP contribution < -0.4 is 10.6 Å². The van der Waals surface area contributed by atoms with Crippen molar-refractivity contribution in [2.45, 2.75) is 26.8 Å². The molecule has 2 aromatic carbocycles. The first-order valence-electron chi connectivity index (χ1n) is 8.24. The fraction of sp³-hybridized carbons (Fsp3) is 0.300. The number of hydrogen-bond acceptors (Lipinski definition) is 2. The van der Waals surface area contributed by atoms with Crippen LogP contribution in [0.5, 0.6) is 0 Å². The number of benzene rings is 2. The van der Waals surface area contributed by atoms with Crippen LogP contribution in [0.3, 0.4) is 0 Å². The molecule has 0 saturated heterocycles. The Bertz CT molecular complexity index is 712. The van der Waals surface area contributed by atoms with Gasteiger partial charge in [-0.2, -0.15) is 0 Å². The first-order valence-corrected chi connectivity index (χ1v) is 8.62. The summed E-state index contributed by atoms with van der Waals surface area (Å²) in [6, 6.07) is 17.1. The van der Waals surface area contributed by atoms with Gasteiger partial charge in [0.2, 0.25) is 11.8 Å². The van der Waals surface area contributed by atoms with E-state index in [4.69, 9.17) is 11.6 Å². The van der Waals surface area contributed by atoms with Gasteiger partial charge in [-0.3, -0.25) is 9.59 Å². The van der Waals surface area contributed by atoms with Crippen molar-refractivity contribution in [3.8, 4) is 0 Å². The zero-order valence-electron chi connectivity index (χ0n) is 14.5. The lowest BCUT2D eigenvalue weighted by Gasteiger charge is -2.22. The maximum absolute atomic E-state index is 12.4. The Morgan fingerprint density at radius 3 is 2.12 bits per heavy atom. The molecular formula is C20H23ClN2O2. The molecule has 2 aromatic rings. The lowest BCUT2D eigenvalue weighted by atomic mass is 9.91. The monoisotopic (exact) mass is 358 g/mol. The summed E-state index contributed by atoms with van der Waals surface area (Å²) in [5, 5.41) is 6.29. The molecule has 0 atom stereocenters. The molecule has 2 amide bonds. The van der Waals surface area contributed by atoms with Crippen LogP contribution in [-0.4, -0.2) is 18.4 Å². The van der Waals surface area contributed by atoms with E-state index in [1.54, 1.807) is 26.0 Å². The van der Waals surface area contributed by atoms with E-state index in [-0.39, 0.29) is 11.8 Å². The van der Waals surface area contributed by atoms with Crippen molar-refractivity contribution in [1.82, 2.24) is 10.6 Å². The van der Waals surface area contributed by atoms with Crippen molar-refractivity contribution in [1.29, 1.82) is 0 Å². The summed E-state index contributed by atoms with van der Waals surface area (Å²) in [7, 11) is 0. The van der Waals surface area contributed by atoms with Gasteiger partial charge in [0, 0.05) is 18.1 Å². The summed E-state index contributed by atoms with van der Waals surface area (Å²) in [4.78, 5) is 24.7.